The number of hydrogen-bond acceptors (Lipinski definition) is 4. The van der Waals surface area contributed by atoms with E-state index in [0.29, 0.717) is 16.9 Å². The molecule has 1 saturated heterocycles. The van der Waals surface area contributed by atoms with Gasteiger partial charge in [-0.1, -0.05) is 19.9 Å². The summed E-state index contributed by atoms with van der Waals surface area (Å²) in [5, 5.41) is 11.0. The minimum absolute atomic E-state index is 0.0462. The maximum atomic E-state index is 12.1. The van der Waals surface area contributed by atoms with Crippen LogP contribution in [0.15, 0.2) is 27.4 Å². The van der Waals surface area contributed by atoms with Crippen molar-refractivity contribution in [2.24, 2.45) is 16.7 Å². The number of benzene rings is 1. The van der Waals surface area contributed by atoms with Gasteiger partial charge in [-0.25, -0.2) is 4.79 Å². The summed E-state index contributed by atoms with van der Waals surface area (Å²) in [7, 11) is 0. The van der Waals surface area contributed by atoms with E-state index in [4.69, 9.17) is 4.42 Å². The molecule has 2 atom stereocenters. The number of aliphatic hydroxyl groups excluding tert-OH is 1. The van der Waals surface area contributed by atoms with Gasteiger partial charge >= 0.3 is 5.63 Å². The average Bonchev–Trinajstić information content (AvgIpc) is 2.83. The second-order valence-corrected chi connectivity index (χ2v) is 8.96. The third-order valence-electron chi connectivity index (χ3n) is 6.44. The fourth-order valence-corrected chi connectivity index (χ4v) is 5.61. The maximum Gasteiger partial charge on any atom is 0.336 e. The van der Waals surface area contributed by atoms with Crippen LogP contribution in [0.5, 0.6) is 0 Å². The molecule has 0 unspecified atom stereocenters. The Balaban J connectivity index is 1.69. The normalized spacial score (nSPS) is 28.1. The zero-order chi connectivity index (χ0) is 18.0. The lowest BCUT2D eigenvalue weighted by Gasteiger charge is -2.56. The first-order valence-electron chi connectivity index (χ1n) is 9.11. The molecular weight excluding hydrogens is 314 g/mol. The largest absolute Gasteiger partial charge is 0.422 e. The fraction of sp³-hybridized carbons (Fsp3) is 0.571. The lowest BCUT2D eigenvalue weighted by Crippen LogP contribution is -2.54. The Labute approximate surface area is 148 Å². The van der Waals surface area contributed by atoms with E-state index >= 15 is 0 Å². The van der Waals surface area contributed by atoms with Crippen molar-refractivity contribution in [3.05, 3.63) is 45.3 Å². The maximum absolute atomic E-state index is 12.1. The summed E-state index contributed by atoms with van der Waals surface area (Å²) < 4.78 is 5.47. The summed E-state index contributed by atoms with van der Waals surface area (Å²) in [6.45, 7) is 11.5. The fourth-order valence-electron chi connectivity index (χ4n) is 5.61. The summed E-state index contributed by atoms with van der Waals surface area (Å²) in [6, 6.07) is 5.80. The van der Waals surface area contributed by atoms with Gasteiger partial charge in [-0.3, -0.25) is 4.90 Å². The van der Waals surface area contributed by atoms with E-state index in [0.717, 1.165) is 42.6 Å². The standard InChI is InChI=1S/C21H27NO3/c1-13-5-14(2)19-16(6-13)15(7-18(24)25-19)8-22-9-17-20(3,4)10-21(17,11-22)12-23/h5-7,17,23H,8-12H2,1-4H3/t17-,21-/m1/s1. The van der Waals surface area contributed by atoms with Crippen LogP contribution in [0, 0.1) is 30.6 Å². The van der Waals surface area contributed by atoms with Crippen LogP contribution in [0.3, 0.4) is 0 Å². The van der Waals surface area contributed by atoms with E-state index in [1.54, 1.807) is 6.07 Å². The Morgan fingerprint density at radius 2 is 2.04 bits per heavy atom. The molecule has 25 heavy (non-hydrogen) atoms. The molecule has 1 aliphatic carbocycles. The third-order valence-corrected chi connectivity index (χ3v) is 6.44. The van der Waals surface area contributed by atoms with Crippen molar-refractivity contribution in [1.29, 1.82) is 0 Å². The minimum atomic E-state index is -0.283. The van der Waals surface area contributed by atoms with Crippen molar-refractivity contribution in [3.8, 4) is 0 Å². The van der Waals surface area contributed by atoms with Crippen LogP contribution < -0.4 is 5.63 Å². The summed E-state index contributed by atoms with van der Waals surface area (Å²) in [4.78, 5) is 14.5. The Morgan fingerprint density at radius 1 is 1.28 bits per heavy atom. The van der Waals surface area contributed by atoms with Crippen LogP contribution in [-0.4, -0.2) is 29.7 Å². The molecular formula is C21H27NO3. The SMILES string of the molecule is Cc1cc(C)c2oc(=O)cc(CN3C[C@@H]4C(C)(C)C[C@]4(CO)C3)c2c1. The second kappa shape index (κ2) is 5.42. The summed E-state index contributed by atoms with van der Waals surface area (Å²) in [5.41, 5.74) is 3.97. The van der Waals surface area contributed by atoms with Crippen molar-refractivity contribution in [2.75, 3.05) is 19.7 Å². The van der Waals surface area contributed by atoms with Gasteiger partial charge in [0.1, 0.15) is 5.58 Å². The monoisotopic (exact) mass is 341 g/mol. The molecule has 2 aliphatic rings. The summed E-state index contributed by atoms with van der Waals surface area (Å²) >= 11 is 0. The molecule has 0 bridgehead atoms. The molecule has 4 heteroatoms. The predicted molar refractivity (Wildman–Crippen MR) is 98.6 cm³/mol. The Morgan fingerprint density at radius 3 is 2.68 bits per heavy atom. The molecule has 1 aromatic carbocycles. The van der Waals surface area contributed by atoms with Crippen molar-refractivity contribution in [2.45, 2.75) is 40.7 Å². The number of rotatable bonds is 3. The molecule has 1 aliphatic heterocycles. The van der Waals surface area contributed by atoms with E-state index in [1.165, 1.54) is 5.56 Å². The smallest absolute Gasteiger partial charge is 0.336 e. The molecule has 1 N–H and O–H groups in total. The molecule has 0 amide bonds. The highest BCUT2D eigenvalue weighted by molar-refractivity contribution is 5.83. The molecule has 0 radical (unpaired) electrons. The molecule has 4 rings (SSSR count). The Kier molecular flexibility index (Phi) is 3.64. The number of fused-ring (bicyclic) bond motifs is 2. The van der Waals surface area contributed by atoms with Crippen LogP contribution in [0.4, 0.5) is 0 Å². The van der Waals surface area contributed by atoms with Crippen molar-refractivity contribution in [1.82, 2.24) is 4.90 Å². The highest BCUT2D eigenvalue weighted by Gasteiger charge is 2.62. The summed E-state index contributed by atoms with van der Waals surface area (Å²) in [6.07, 6.45) is 1.08. The van der Waals surface area contributed by atoms with E-state index in [9.17, 15) is 9.90 Å². The average molecular weight is 341 g/mol. The van der Waals surface area contributed by atoms with Crippen molar-refractivity contribution >= 4 is 11.0 Å². The zero-order valence-electron chi connectivity index (χ0n) is 15.6. The molecule has 2 aromatic rings. The van der Waals surface area contributed by atoms with Gasteiger partial charge < -0.3 is 9.52 Å². The highest BCUT2D eigenvalue weighted by Crippen LogP contribution is 2.62. The zero-order valence-corrected chi connectivity index (χ0v) is 15.6. The van der Waals surface area contributed by atoms with E-state index in [1.807, 2.05) is 6.92 Å². The molecule has 1 aromatic heterocycles. The van der Waals surface area contributed by atoms with Crippen LogP contribution in [0.2, 0.25) is 0 Å². The van der Waals surface area contributed by atoms with Gasteiger partial charge in [-0.2, -0.15) is 0 Å². The van der Waals surface area contributed by atoms with E-state index in [-0.39, 0.29) is 17.6 Å². The quantitative estimate of drug-likeness (QED) is 0.871. The lowest BCUT2D eigenvalue weighted by molar-refractivity contribution is -0.0977. The predicted octanol–water partition coefficient (Wildman–Crippen LogP) is 3.25. The first-order chi connectivity index (χ1) is 11.7. The van der Waals surface area contributed by atoms with Crippen molar-refractivity contribution in [3.63, 3.8) is 0 Å². The van der Waals surface area contributed by atoms with Gasteiger partial charge in [0.25, 0.3) is 0 Å². The first kappa shape index (κ1) is 16.8. The van der Waals surface area contributed by atoms with Gasteiger partial charge in [0.15, 0.2) is 0 Å². The van der Waals surface area contributed by atoms with Gasteiger partial charge in [0, 0.05) is 36.5 Å². The first-order valence-corrected chi connectivity index (χ1v) is 9.11. The minimum Gasteiger partial charge on any atom is -0.422 e. The van der Waals surface area contributed by atoms with E-state index < -0.39 is 0 Å². The topological polar surface area (TPSA) is 53.7 Å². The number of nitrogens with zero attached hydrogens (tertiary/aromatic N) is 1. The molecule has 4 nitrogen and oxygen atoms in total. The summed E-state index contributed by atoms with van der Waals surface area (Å²) in [5.74, 6) is 0.528. The molecule has 1 saturated carbocycles. The van der Waals surface area contributed by atoms with Crippen LogP contribution in [0.1, 0.15) is 37.0 Å². The third kappa shape index (κ3) is 2.54. The van der Waals surface area contributed by atoms with E-state index in [2.05, 4.69) is 37.8 Å². The van der Waals surface area contributed by atoms with Crippen LogP contribution in [-0.2, 0) is 6.54 Å². The van der Waals surface area contributed by atoms with Gasteiger partial charge in [0.05, 0.1) is 6.61 Å². The van der Waals surface area contributed by atoms with Gasteiger partial charge in [-0.15, -0.1) is 0 Å². The number of hydrogen-bond donors (Lipinski definition) is 1. The Hall–Kier alpha value is -1.65. The molecule has 2 heterocycles. The number of aryl methyl sites for hydroxylation is 2. The molecule has 2 fully saturated rings. The highest BCUT2D eigenvalue weighted by atomic mass is 16.4. The van der Waals surface area contributed by atoms with Gasteiger partial charge in [0.2, 0.25) is 0 Å². The Bertz CT molecular complexity index is 898. The van der Waals surface area contributed by atoms with Crippen LogP contribution >= 0.6 is 0 Å². The number of aliphatic hydroxyl groups is 1. The molecule has 134 valence electrons. The van der Waals surface area contributed by atoms with Crippen LogP contribution in [0.25, 0.3) is 11.0 Å². The van der Waals surface area contributed by atoms with Crippen molar-refractivity contribution < 1.29 is 9.52 Å². The molecule has 0 spiro atoms. The van der Waals surface area contributed by atoms with Gasteiger partial charge in [-0.05, 0) is 54.4 Å². The lowest BCUT2D eigenvalue weighted by atomic mass is 9.48. The second-order valence-electron chi connectivity index (χ2n) is 8.96. The number of likely N-dealkylation sites (tertiary alicyclic amines) is 1.